The number of carbonyl (C=O) groups is 1. The Labute approximate surface area is 124 Å². The van der Waals surface area contributed by atoms with Gasteiger partial charge in [0.1, 0.15) is 0 Å². The molecule has 0 fully saturated rings. The van der Waals surface area contributed by atoms with E-state index in [2.05, 4.69) is 29.2 Å². The van der Waals surface area contributed by atoms with Gasteiger partial charge in [-0.05, 0) is 44.2 Å². The number of carbonyl (C=O) groups excluding carboxylic acids is 1. The standard InChI is InChI=1S/C16H21O3Si/c1-12(2)16(17)18-10-6-9-14-7-4-5-8-15(14)11-13(3)19-20/h4-5,7-8,13H,1,6,9-11H2,2-3H3. The van der Waals surface area contributed by atoms with Crippen LogP contribution in [-0.4, -0.2) is 29.2 Å². The number of benzene rings is 1. The molecular formula is C16H21O3Si. The maximum atomic E-state index is 11.3. The average Bonchev–Trinajstić information content (AvgIpc) is 2.44. The van der Waals surface area contributed by atoms with E-state index in [0.29, 0.717) is 12.2 Å². The maximum Gasteiger partial charge on any atom is 0.333 e. The third kappa shape index (κ3) is 5.71. The number of hydrogen-bond donors (Lipinski definition) is 0. The van der Waals surface area contributed by atoms with Gasteiger partial charge in [-0.25, -0.2) is 4.79 Å². The summed E-state index contributed by atoms with van der Waals surface area (Å²) in [7, 11) is 3.07. The first-order chi connectivity index (χ1) is 9.54. The van der Waals surface area contributed by atoms with E-state index in [9.17, 15) is 4.79 Å². The second-order valence-corrected chi connectivity index (χ2v) is 5.16. The fraction of sp³-hybridized carbons (Fsp3) is 0.438. The Bertz CT molecular complexity index is 457. The SMILES string of the molecule is C=C(C)C(=O)OCCCc1ccccc1CC(C)O[Si]. The van der Waals surface area contributed by atoms with Crippen LogP contribution in [0, 0.1) is 0 Å². The summed E-state index contributed by atoms with van der Waals surface area (Å²) in [4.78, 5) is 11.3. The molecule has 0 heterocycles. The summed E-state index contributed by atoms with van der Waals surface area (Å²) in [5.74, 6) is -0.320. The first-order valence-corrected chi connectivity index (χ1v) is 7.17. The smallest absolute Gasteiger partial charge is 0.333 e. The Kier molecular flexibility index (Phi) is 7.26. The quantitative estimate of drug-likeness (QED) is 0.319. The van der Waals surface area contributed by atoms with Crippen molar-refractivity contribution in [2.75, 3.05) is 6.61 Å². The van der Waals surface area contributed by atoms with Crippen molar-refractivity contribution in [3.63, 3.8) is 0 Å². The van der Waals surface area contributed by atoms with Crippen LogP contribution in [0.5, 0.6) is 0 Å². The molecule has 0 aromatic heterocycles. The highest BCUT2D eigenvalue weighted by atomic mass is 28.2. The lowest BCUT2D eigenvalue weighted by Crippen LogP contribution is -2.11. The molecule has 1 atom stereocenters. The van der Waals surface area contributed by atoms with Crippen molar-refractivity contribution in [2.45, 2.75) is 39.2 Å². The van der Waals surface area contributed by atoms with Gasteiger partial charge in [0.25, 0.3) is 0 Å². The van der Waals surface area contributed by atoms with E-state index in [0.717, 1.165) is 19.3 Å². The van der Waals surface area contributed by atoms with Gasteiger partial charge in [-0.1, -0.05) is 30.8 Å². The molecule has 20 heavy (non-hydrogen) atoms. The minimum Gasteiger partial charge on any atom is -0.462 e. The predicted octanol–water partition coefficient (Wildman–Crippen LogP) is 2.77. The lowest BCUT2D eigenvalue weighted by atomic mass is 9.99. The van der Waals surface area contributed by atoms with E-state index in [-0.39, 0.29) is 12.1 Å². The highest BCUT2D eigenvalue weighted by Crippen LogP contribution is 2.14. The maximum absolute atomic E-state index is 11.3. The fourth-order valence-electron chi connectivity index (χ4n) is 1.90. The predicted molar refractivity (Wildman–Crippen MR) is 80.5 cm³/mol. The Morgan fingerprint density at radius 1 is 1.35 bits per heavy atom. The van der Waals surface area contributed by atoms with Crippen molar-refractivity contribution in [1.29, 1.82) is 0 Å². The topological polar surface area (TPSA) is 35.5 Å². The summed E-state index contributed by atoms with van der Waals surface area (Å²) in [6, 6.07) is 8.27. The van der Waals surface area contributed by atoms with Crippen LogP contribution < -0.4 is 0 Å². The van der Waals surface area contributed by atoms with Gasteiger partial charge >= 0.3 is 5.97 Å². The zero-order valence-corrected chi connectivity index (χ0v) is 13.1. The molecule has 0 aliphatic carbocycles. The number of hydrogen-bond acceptors (Lipinski definition) is 3. The molecule has 0 amide bonds. The van der Waals surface area contributed by atoms with Crippen LogP contribution in [0.25, 0.3) is 0 Å². The van der Waals surface area contributed by atoms with Crippen molar-refractivity contribution in [2.24, 2.45) is 0 Å². The van der Waals surface area contributed by atoms with Gasteiger partial charge in [0.2, 0.25) is 10.5 Å². The second-order valence-electron chi connectivity index (χ2n) is 4.92. The van der Waals surface area contributed by atoms with Gasteiger partial charge in [-0.2, -0.15) is 0 Å². The van der Waals surface area contributed by atoms with Crippen molar-refractivity contribution < 1.29 is 14.0 Å². The molecule has 3 radical (unpaired) electrons. The Balaban J connectivity index is 2.47. The van der Waals surface area contributed by atoms with Crippen LogP contribution in [0.3, 0.4) is 0 Å². The van der Waals surface area contributed by atoms with Gasteiger partial charge in [0.15, 0.2) is 0 Å². The monoisotopic (exact) mass is 289 g/mol. The average molecular weight is 289 g/mol. The zero-order valence-electron chi connectivity index (χ0n) is 12.1. The number of esters is 1. The van der Waals surface area contributed by atoms with Gasteiger partial charge in [0.05, 0.1) is 6.61 Å². The van der Waals surface area contributed by atoms with E-state index in [4.69, 9.17) is 9.16 Å². The lowest BCUT2D eigenvalue weighted by molar-refractivity contribution is -0.139. The first kappa shape index (κ1) is 16.7. The third-order valence-corrected chi connectivity index (χ3v) is 3.40. The van der Waals surface area contributed by atoms with Crippen molar-refractivity contribution in [1.82, 2.24) is 0 Å². The van der Waals surface area contributed by atoms with Crippen molar-refractivity contribution in [3.05, 3.63) is 47.5 Å². The molecule has 1 unspecified atom stereocenters. The Morgan fingerprint density at radius 2 is 2.00 bits per heavy atom. The molecule has 0 saturated heterocycles. The van der Waals surface area contributed by atoms with Crippen molar-refractivity contribution >= 4 is 16.5 Å². The van der Waals surface area contributed by atoms with E-state index in [1.54, 1.807) is 6.92 Å². The van der Waals surface area contributed by atoms with Crippen molar-refractivity contribution in [3.8, 4) is 0 Å². The molecule has 0 spiro atoms. The number of rotatable bonds is 8. The minimum atomic E-state index is -0.320. The summed E-state index contributed by atoms with van der Waals surface area (Å²) in [6.07, 6.45) is 2.66. The zero-order chi connectivity index (χ0) is 15.0. The summed E-state index contributed by atoms with van der Waals surface area (Å²) in [6.45, 7) is 7.64. The summed E-state index contributed by atoms with van der Waals surface area (Å²) < 4.78 is 10.2. The molecule has 1 aromatic rings. The van der Waals surface area contributed by atoms with Gasteiger partial charge in [-0.15, -0.1) is 0 Å². The molecule has 0 N–H and O–H groups in total. The van der Waals surface area contributed by atoms with E-state index >= 15 is 0 Å². The lowest BCUT2D eigenvalue weighted by Gasteiger charge is -2.13. The molecular weight excluding hydrogens is 268 g/mol. The van der Waals surface area contributed by atoms with E-state index in [1.165, 1.54) is 11.1 Å². The van der Waals surface area contributed by atoms with E-state index in [1.807, 2.05) is 19.1 Å². The van der Waals surface area contributed by atoms with Gasteiger partial charge in [-0.3, -0.25) is 0 Å². The van der Waals surface area contributed by atoms with Gasteiger partial charge in [0, 0.05) is 11.7 Å². The van der Waals surface area contributed by atoms with Gasteiger partial charge < -0.3 is 9.16 Å². The molecule has 107 valence electrons. The van der Waals surface area contributed by atoms with Crippen LogP contribution in [0.15, 0.2) is 36.4 Å². The summed E-state index contributed by atoms with van der Waals surface area (Å²) in [5, 5.41) is 0. The molecule has 4 heteroatoms. The highest BCUT2D eigenvalue weighted by molar-refractivity contribution is 5.98. The second kappa shape index (κ2) is 8.71. The van der Waals surface area contributed by atoms with Crippen LogP contribution >= 0.6 is 0 Å². The molecule has 0 saturated carbocycles. The summed E-state index contributed by atoms with van der Waals surface area (Å²) >= 11 is 0. The van der Waals surface area contributed by atoms with Crippen LogP contribution in [-0.2, 0) is 26.8 Å². The van der Waals surface area contributed by atoms with Crippen LogP contribution in [0.4, 0.5) is 0 Å². The molecule has 1 aromatic carbocycles. The molecule has 1 rings (SSSR count). The molecule has 0 bridgehead atoms. The molecule has 0 aliphatic rings. The Morgan fingerprint density at radius 3 is 2.60 bits per heavy atom. The van der Waals surface area contributed by atoms with Crippen LogP contribution in [0.2, 0.25) is 0 Å². The Hall–Kier alpha value is -1.39. The third-order valence-electron chi connectivity index (χ3n) is 3.00. The fourth-order valence-corrected chi connectivity index (χ4v) is 1.99. The summed E-state index contributed by atoms with van der Waals surface area (Å²) in [5.41, 5.74) is 2.98. The minimum absolute atomic E-state index is 0.119. The normalized spacial score (nSPS) is 11.9. The van der Waals surface area contributed by atoms with Crippen LogP contribution in [0.1, 0.15) is 31.4 Å². The highest BCUT2D eigenvalue weighted by Gasteiger charge is 2.07. The number of ether oxygens (including phenoxy) is 1. The molecule has 0 aliphatic heterocycles. The first-order valence-electron chi connectivity index (χ1n) is 6.76. The molecule has 3 nitrogen and oxygen atoms in total. The van der Waals surface area contributed by atoms with E-state index < -0.39 is 0 Å². The number of aryl methyl sites for hydroxylation is 1. The largest absolute Gasteiger partial charge is 0.462 e.